The lowest BCUT2D eigenvalue weighted by atomic mass is 9.97. The maximum atomic E-state index is 10.7. The molecule has 9 heteroatoms. The molecule has 28 heavy (non-hydrogen) atoms. The van der Waals surface area contributed by atoms with Crippen LogP contribution in [0.15, 0.2) is 40.4 Å². The van der Waals surface area contributed by atoms with E-state index in [0.717, 1.165) is 11.1 Å². The largest absolute Gasteiger partial charge is 0.387 e. The van der Waals surface area contributed by atoms with Crippen LogP contribution < -0.4 is 5.73 Å². The van der Waals surface area contributed by atoms with E-state index in [1.807, 2.05) is 6.07 Å². The van der Waals surface area contributed by atoms with Crippen LogP contribution in [0.3, 0.4) is 0 Å². The van der Waals surface area contributed by atoms with Gasteiger partial charge in [-0.3, -0.25) is 4.99 Å². The maximum absolute atomic E-state index is 10.7. The van der Waals surface area contributed by atoms with Crippen molar-refractivity contribution in [3.63, 3.8) is 0 Å². The maximum Gasteiger partial charge on any atom is 0.164 e. The number of aliphatic hydroxyl groups is 2. The number of amidine groups is 1. The number of aromatic nitrogens is 1. The van der Waals surface area contributed by atoms with Crippen molar-refractivity contribution in [3.8, 4) is 0 Å². The summed E-state index contributed by atoms with van der Waals surface area (Å²) in [6.07, 6.45) is -2.90. The third-order valence-electron chi connectivity index (χ3n) is 5.23. The van der Waals surface area contributed by atoms with Gasteiger partial charge in [-0.2, -0.15) is 0 Å². The SMILES string of the molecule is C=Nc1c(/C(N)=N\C)ccn1[C@@H]1O[C@H]([C@@H]2OCc3ccc(Cl)cc32)[C@@H](O)[C@H]1O. The molecule has 8 nitrogen and oxygen atoms in total. The Kier molecular flexibility index (Phi) is 4.98. The molecule has 148 valence electrons. The van der Waals surface area contributed by atoms with Crippen molar-refractivity contribution in [3.05, 3.63) is 52.2 Å². The highest BCUT2D eigenvalue weighted by Crippen LogP contribution is 2.44. The Labute approximate surface area is 166 Å². The van der Waals surface area contributed by atoms with Crippen LogP contribution in [0.5, 0.6) is 0 Å². The van der Waals surface area contributed by atoms with Gasteiger partial charge < -0.3 is 30.0 Å². The molecule has 0 radical (unpaired) electrons. The van der Waals surface area contributed by atoms with Crippen LogP contribution in [-0.4, -0.2) is 52.7 Å². The molecule has 0 aliphatic carbocycles. The van der Waals surface area contributed by atoms with E-state index >= 15 is 0 Å². The summed E-state index contributed by atoms with van der Waals surface area (Å²) in [4.78, 5) is 7.96. The number of fused-ring (bicyclic) bond motifs is 1. The molecule has 1 aromatic carbocycles. The summed E-state index contributed by atoms with van der Waals surface area (Å²) in [7, 11) is 1.57. The fraction of sp³-hybridized carbons (Fsp3) is 0.368. The van der Waals surface area contributed by atoms with E-state index in [2.05, 4.69) is 16.7 Å². The van der Waals surface area contributed by atoms with Gasteiger partial charge in [0.2, 0.25) is 0 Å². The second-order valence-corrected chi connectivity index (χ2v) is 7.21. The Hall–Kier alpha value is -2.23. The topological polar surface area (TPSA) is 115 Å². The van der Waals surface area contributed by atoms with Gasteiger partial charge in [0.25, 0.3) is 0 Å². The van der Waals surface area contributed by atoms with E-state index in [1.54, 1.807) is 36.0 Å². The molecule has 1 fully saturated rings. The van der Waals surface area contributed by atoms with Crippen molar-refractivity contribution in [1.82, 2.24) is 4.57 Å². The molecule has 3 heterocycles. The van der Waals surface area contributed by atoms with Crippen LogP contribution in [0.2, 0.25) is 5.02 Å². The fourth-order valence-electron chi connectivity index (χ4n) is 3.80. The second-order valence-electron chi connectivity index (χ2n) is 6.77. The number of benzene rings is 1. The van der Waals surface area contributed by atoms with Gasteiger partial charge in [-0.25, -0.2) is 4.99 Å². The lowest BCUT2D eigenvalue weighted by Crippen LogP contribution is -2.34. The Bertz CT molecular complexity index is 944. The highest BCUT2D eigenvalue weighted by Gasteiger charge is 2.50. The number of hydrogen-bond acceptors (Lipinski definition) is 6. The molecular formula is C19H21ClN4O4. The zero-order valence-electron chi connectivity index (χ0n) is 15.2. The lowest BCUT2D eigenvalue weighted by molar-refractivity contribution is -0.104. The van der Waals surface area contributed by atoms with Crippen LogP contribution in [0, 0.1) is 0 Å². The first-order valence-electron chi connectivity index (χ1n) is 8.78. The zero-order valence-corrected chi connectivity index (χ0v) is 16.0. The summed E-state index contributed by atoms with van der Waals surface area (Å²) in [6.45, 7) is 3.96. The molecule has 0 saturated carbocycles. The van der Waals surface area contributed by atoms with Crippen LogP contribution in [0.25, 0.3) is 0 Å². The summed E-state index contributed by atoms with van der Waals surface area (Å²) >= 11 is 6.12. The first-order valence-corrected chi connectivity index (χ1v) is 9.15. The quantitative estimate of drug-likeness (QED) is 0.530. The third kappa shape index (κ3) is 2.94. The summed E-state index contributed by atoms with van der Waals surface area (Å²) in [6, 6.07) is 7.19. The van der Waals surface area contributed by atoms with Crippen molar-refractivity contribution in [1.29, 1.82) is 0 Å². The molecule has 0 amide bonds. The normalized spacial score (nSPS) is 29.9. The number of aliphatic hydroxyl groups excluding tert-OH is 2. The van der Waals surface area contributed by atoms with E-state index in [-0.39, 0.29) is 5.84 Å². The molecule has 0 bridgehead atoms. The minimum Gasteiger partial charge on any atom is -0.387 e. The van der Waals surface area contributed by atoms with Crippen molar-refractivity contribution in [2.45, 2.75) is 37.3 Å². The monoisotopic (exact) mass is 404 g/mol. The average molecular weight is 405 g/mol. The Balaban J connectivity index is 1.66. The number of halogens is 1. The Morgan fingerprint density at radius 1 is 1.32 bits per heavy atom. The lowest BCUT2D eigenvalue weighted by Gasteiger charge is -2.22. The molecule has 4 N–H and O–H groups in total. The summed E-state index contributed by atoms with van der Waals surface area (Å²) < 4.78 is 13.5. The molecule has 2 aliphatic rings. The number of hydrogen-bond donors (Lipinski definition) is 3. The highest BCUT2D eigenvalue weighted by atomic mass is 35.5. The van der Waals surface area contributed by atoms with Crippen LogP contribution in [0.1, 0.15) is 29.0 Å². The van der Waals surface area contributed by atoms with Crippen molar-refractivity contribution >= 4 is 30.0 Å². The second kappa shape index (κ2) is 7.31. The fourth-order valence-corrected chi connectivity index (χ4v) is 3.98. The minimum atomic E-state index is -1.20. The summed E-state index contributed by atoms with van der Waals surface area (Å²) in [5.74, 6) is 0.684. The van der Waals surface area contributed by atoms with Gasteiger partial charge in [0.05, 0.1) is 12.2 Å². The van der Waals surface area contributed by atoms with Crippen molar-refractivity contribution < 1.29 is 19.7 Å². The Morgan fingerprint density at radius 3 is 2.82 bits per heavy atom. The van der Waals surface area contributed by atoms with E-state index in [1.165, 1.54) is 0 Å². The molecule has 1 aromatic heterocycles. The molecule has 2 aliphatic heterocycles. The molecule has 1 saturated heterocycles. The Morgan fingerprint density at radius 2 is 2.11 bits per heavy atom. The van der Waals surface area contributed by atoms with Crippen LogP contribution in [-0.2, 0) is 16.1 Å². The van der Waals surface area contributed by atoms with Gasteiger partial charge in [0.1, 0.15) is 36.1 Å². The zero-order chi connectivity index (χ0) is 20.0. The van der Waals surface area contributed by atoms with Gasteiger partial charge in [-0.15, -0.1) is 0 Å². The third-order valence-corrected chi connectivity index (χ3v) is 5.47. The number of nitrogens with zero attached hydrogens (tertiary/aromatic N) is 3. The smallest absolute Gasteiger partial charge is 0.164 e. The number of aliphatic imine (C=N–C) groups is 2. The van der Waals surface area contributed by atoms with Gasteiger partial charge in [0.15, 0.2) is 6.23 Å². The summed E-state index contributed by atoms with van der Waals surface area (Å²) in [5.41, 5.74) is 8.30. The molecular weight excluding hydrogens is 384 g/mol. The van der Waals surface area contributed by atoms with E-state index in [9.17, 15) is 10.2 Å². The predicted octanol–water partition coefficient (Wildman–Crippen LogP) is 1.70. The van der Waals surface area contributed by atoms with Crippen LogP contribution in [0.4, 0.5) is 5.82 Å². The predicted molar refractivity (Wildman–Crippen MR) is 105 cm³/mol. The highest BCUT2D eigenvalue weighted by molar-refractivity contribution is 6.30. The van der Waals surface area contributed by atoms with Crippen molar-refractivity contribution in [2.24, 2.45) is 15.7 Å². The molecule has 2 aromatic rings. The van der Waals surface area contributed by atoms with E-state index in [0.29, 0.717) is 23.0 Å². The summed E-state index contributed by atoms with van der Waals surface area (Å²) in [5, 5.41) is 21.9. The number of rotatable bonds is 4. The van der Waals surface area contributed by atoms with Gasteiger partial charge in [0, 0.05) is 18.3 Å². The molecule has 5 atom stereocenters. The molecule has 4 rings (SSSR count). The molecule has 0 unspecified atom stereocenters. The first kappa shape index (κ1) is 19.1. The van der Waals surface area contributed by atoms with Gasteiger partial charge in [-0.1, -0.05) is 17.7 Å². The van der Waals surface area contributed by atoms with E-state index in [4.69, 9.17) is 26.8 Å². The first-order chi connectivity index (χ1) is 13.5. The van der Waals surface area contributed by atoms with E-state index < -0.39 is 30.6 Å². The number of ether oxygens (including phenoxy) is 2. The average Bonchev–Trinajstić information content (AvgIpc) is 3.37. The van der Waals surface area contributed by atoms with Crippen molar-refractivity contribution in [2.75, 3.05) is 7.05 Å². The van der Waals surface area contributed by atoms with Gasteiger partial charge >= 0.3 is 0 Å². The standard InChI is InChI=1S/C19H21ClN4O4/c1-22-17(21)11-5-6-24(18(11)23-2)19-14(26)13(25)16(28-19)15-12-7-10(20)4-3-9(12)8-27-15/h3-7,13-16,19,25-26H,2,8H2,1H3,(H2,21,22)/t13-,14+,15+,16-,19+/m0/s1. The number of nitrogens with two attached hydrogens (primary N) is 1. The van der Waals surface area contributed by atoms with Gasteiger partial charge in [-0.05, 0) is 36.0 Å². The van der Waals surface area contributed by atoms with Crippen LogP contribution >= 0.6 is 11.6 Å². The molecule has 0 spiro atoms. The minimum absolute atomic E-state index is 0.286.